The number of aliphatic hydroxyl groups excluding tert-OH is 1. The Hall–Kier alpha value is -2.37. The lowest BCUT2D eigenvalue weighted by atomic mass is 9.90. The molecule has 2 aromatic rings. The largest absolute Gasteiger partial charge is 0.486 e. The molecule has 5 nitrogen and oxygen atoms in total. The van der Waals surface area contributed by atoms with Gasteiger partial charge in [-0.05, 0) is 58.6 Å². The molecular weight excluding hydrogens is 368 g/mol. The average molecular weight is 398 g/mol. The number of ether oxygens (including phenoxy) is 1. The van der Waals surface area contributed by atoms with Gasteiger partial charge in [0.1, 0.15) is 17.4 Å². The molecule has 0 unspecified atom stereocenters. The van der Waals surface area contributed by atoms with E-state index in [0.717, 1.165) is 17.4 Å². The van der Waals surface area contributed by atoms with E-state index in [1.807, 2.05) is 32.0 Å². The van der Waals surface area contributed by atoms with Gasteiger partial charge in [0.05, 0.1) is 22.7 Å². The van der Waals surface area contributed by atoms with Crippen molar-refractivity contribution in [3.05, 3.63) is 64.1 Å². The van der Waals surface area contributed by atoms with Gasteiger partial charge in [0.25, 0.3) is 0 Å². The van der Waals surface area contributed by atoms with Crippen LogP contribution in [0.1, 0.15) is 52.0 Å². The Morgan fingerprint density at radius 3 is 2.83 bits per heavy atom. The minimum absolute atomic E-state index is 0.336. The maximum absolute atomic E-state index is 12.3. The molecule has 0 bridgehead atoms. The van der Waals surface area contributed by atoms with Crippen molar-refractivity contribution in [2.45, 2.75) is 70.7 Å². The summed E-state index contributed by atoms with van der Waals surface area (Å²) in [6.07, 6.45) is 4.09. The van der Waals surface area contributed by atoms with Gasteiger partial charge in [0.15, 0.2) is 0 Å². The molecule has 1 aromatic heterocycles. The van der Waals surface area contributed by atoms with Crippen LogP contribution in [0.4, 0.5) is 0 Å². The van der Waals surface area contributed by atoms with Crippen molar-refractivity contribution in [3.8, 4) is 5.75 Å². The molecular formula is C24H30O5. The van der Waals surface area contributed by atoms with Crippen LogP contribution in [0.2, 0.25) is 0 Å². The lowest BCUT2D eigenvalue weighted by Gasteiger charge is -2.29. The van der Waals surface area contributed by atoms with E-state index < -0.39 is 23.4 Å². The van der Waals surface area contributed by atoms with Gasteiger partial charge in [-0.25, -0.2) is 4.79 Å². The van der Waals surface area contributed by atoms with Gasteiger partial charge in [0.2, 0.25) is 0 Å². The molecule has 0 radical (unpaired) electrons. The number of fused-ring (bicyclic) bond motifs is 3. The predicted octanol–water partition coefficient (Wildman–Crippen LogP) is 4.29. The zero-order valence-corrected chi connectivity index (χ0v) is 17.4. The normalized spacial score (nSPS) is 19.5. The minimum Gasteiger partial charge on any atom is -0.486 e. The summed E-state index contributed by atoms with van der Waals surface area (Å²) in [4.78, 5) is 12.3. The van der Waals surface area contributed by atoms with Gasteiger partial charge in [-0.2, -0.15) is 0 Å². The van der Waals surface area contributed by atoms with Crippen molar-refractivity contribution >= 4 is 11.0 Å². The van der Waals surface area contributed by atoms with Gasteiger partial charge in [0, 0.05) is 6.42 Å². The van der Waals surface area contributed by atoms with Crippen molar-refractivity contribution in [1.82, 2.24) is 0 Å². The summed E-state index contributed by atoms with van der Waals surface area (Å²) in [7, 11) is 0. The van der Waals surface area contributed by atoms with E-state index in [9.17, 15) is 15.0 Å². The molecule has 3 atom stereocenters. The molecule has 2 heterocycles. The molecule has 2 N–H and O–H groups in total. The Morgan fingerprint density at radius 2 is 2.10 bits per heavy atom. The van der Waals surface area contributed by atoms with Crippen molar-refractivity contribution in [3.63, 3.8) is 0 Å². The quantitative estimate of drug-likeness (QED) is 0.512. The molecule has 3 rings (SSSR count). The number of rotatable bonds is 8. The van der Waals surface area contributed by atoms with Crippen LogP contribution in [0.3, 0.4) is 0 Å². The third kappa shape index (κ3) is 4.80. The molecule has 5 heteroatoms. The molecule has 1 aliphatic rings. The smallest absolute Gasteiger partial charge is 0.343 e. The molecule has 0 saturated carbocycles. The first-order chi connectivity index (χ1) is 13.7. The Balaban J connectivity index is 1.64. The van der Waals surface area contributed by atoms with E-state index in [4.69, 9.17) is 9.15 Å². The predicted molar refractivity (Wildman–Crippen MR) is 114 cm³/mol. The summed E-state index contributed by atoms with van der Waals surface area (Å²) in [5.74, 6) is 0.530. The zero-order valence-electron chi connectivity index (χ0n) is 17.4. The highest BCUT2D eigenvalue weighted by molar-refractivity contribution is 5.84. The third-order valence-electron chi connectivity index (χ3n) is 5.72. The summed E-state index contributed by atoms with van der Waals surface area (Å²) < 4.78 is 11.4. The molecule has 1 aromatic carbocycles. The lowest BCUT2D eigenvalue weighted by Crippen LogP contribution is -2.42. The van der Waals surface area contributed by atoms with E-state index in [0.29, 0.717) is 42.6 Å². The van der Waals surface area contributed by atoms with Crippen LogP contribution in [-0.4, -0.2) is 28.0 Å². The van der Waals surface area contributed by atoms with E-state index in [1.54, 1.807) is 13.0 Å². The molecule has 0 saturated heterocycles. The second kappa shape index (κ2) is 8.56. The van der Waals surface area contributed by atoms with Crippen molar-refractivity contribution < 1.29 is 19.4 Å². The number of para-hydroxylation sites is 1. The van der Waals surface area contributed by atoms with Gasteiger partial charge in [-0.15, -0.1) is 0 Å². The molecule has 0 spiro atoms. The number of hydrogen-bond donors (Lipinski definition) is 2. The van der Waals surface area contributed by atoms with Gasteiger partial charge in [-0.3, -0.25) is 0 Å². The van der Waals surface area contributed by atoms with Crippen LogP contribution in [0.15, 0.2) is 57.3 Å². The van der Waals surface area contributed by atoms with Crippen LogP contribution in [0, 0.1) is 0 Å². The number of benzene rings is 1. The number of allylic oxidation sites excluding steroid dienone is 2. The van der Waals surface area contributed by atoms with Crippen LogP contribution >= 0.6 is 0 Å². The summed E-state index contributed by atoms with van der Waals surface area (Å²) in [5, 5.41) is 21.6. The fourth-order valence-electron chi connectivity index (χ4n) is 3.67. The van der Waals surface area contributed by atoms with Gasteiger partial charge >= 0.3 is 5.63 Å². The van der Waals surface area contributed by atoms with E-state index >= 15 is 0 Å². The Labute approximate surface area is 171 Å². The van der Waals surface area contributed by atoms with Crippen LogP contribution in [0.25, 0.3) is 11.0 Å². The van der Waals surface area contributed by atoms with Crippen LogP contribution in [-0.2, 0) is 6.42 Å². The lowest BCUT2D eigenvalue weighted by molar-refractivity contribution is -0.0429. The fourth-order valence-corrected chi connectivity index (χ4v) is 3.67. The highest BCUT2D eigenvalue weighted by atomic mass is 16.5. The third-order valence-corrected chi connectivity index (χ3v) is 5.72. The van der Waals surface area contributed by atoms with Crippen molar-refractivity contribution in [2.24, 2.45) is 0 Å². The summed E-state index contributed by atoms with van der Waals surface area (Å²) in [5.41, 5.74) is 1.45. The Bertz CT molecular complexity index is 982. The maximum Gasteiger partial charge on any atom is 0.343 e. The molecule has 0 amide bonds. The zero-order chi connectivity index (χ0) is 21.2. The maximum atomic E-state index is 12.3. The first-order valence-electron chi connectivity index (χ1n) is 10.1. The number of aliphatic hydroxyl groups is 2. The monoisotopic (exact) mass is 398 g/mol. The summed E-state index contributed by atoms with van der Waals surface area (Å²) in [6.45, 7) is 9.37. The summed E-state index contributed by atoms with van der Waals surface area (Å²) in [6, 6.07) is 7.28. The van der Waals surface area contributed by atoms with E-state index in [2.05, 4.69) is 12.7 Å². The first-order valence-corrected chi connectivity index (χ1v) is 10.1. The SMILES string of the molecule is C=C(C)[C@H](O)CCC(C)=CCC[C@](C)(O)[C@H]1Cc2c(c3ccccc3oc2=O)O1. The second-order valence-corrected chi connectivity index (χ2v) is 8.35. The standard InChI is InChI=1S/C24H30O5/c1-15(2)19(25)12-11-16(3)8-7-13-24(4,27)21-14-18-22(29-21)17-9-5-6-10-20(17)28-23(18)26/h5-6,8-10,19,21,25,27H,1,7,11-14H2,2-4H3/t19-,21-,24+/m1/s1. The molecule has 0 aliphatic carbocycles. The van der Waals surface area contributed by atoms with E-state index in [1.165, 1.54) is 5.57 Å². The molecule has 1 aliphatic heterocycles. The molecule has 156 valence electrons. The Morgan fingerprint density at radius 1 is 1.38 bits per heavy atom. The minimum atomic E-state index is -1.08. The topological polar surface area (TPSA) is 79.9 Å². The van der Waals surface area contributed by atoms with Crippen molar-refractivity contribution in [1.29, 1.82) is 0 Å². The highest BCUT2D eigenvalue weighted by Crippen LogP contribution is 2.38. The first kappa shape index (κ1) is 21.3. The number of hydrogen-bond acceptors (Lipinski definition) is 5. The van der Waals surface area contributed by atoms with Crippen LogP contribution in [0.5, 0.6) is 5.75 Å². The highest BCUT2D eigenvalue weighted by Gasteiger charge is 2.40. The van der Waals surface area contributed by atoms with Gasteiger partial charge < -0.3 is 19.4 Å². The molecule has 29 heavy (non-hydrogen) atoms. The fraction of sp³-hybridized carbons (Fsp3) is 0.458. The van der Waals surface area contributed by atoms with E-state index in [-0.39, 0.29) is 0 Å². The second-order valence-electron chi connectivity index (χ2n) is 8.35. The Kier molecular flexibility index (Phi) is 6.30. The summed E-state index contributed by atoms with van der Waals surface area (Å²) >= 11 is 0. The average Bonchev–Trinajstić information content (AvgIpc) is 3.13. The van der Waals surface area contributed by atoms with Gasteiger partial charge in [-0.1, -0.05) is 35.9 Å². The van der Waals surface area contributed by atoms with Crippen molar-refractivity contribution in [2.75, 3.05) is 0 Å². The molecule has 0 fully saturated rings. The van der Waals surface area contributed by atoms with Crippen LogP contribution < -0.4 is 10.4 Å².